The Bertz CT molecular complexity index is 637. The monoisotopic (exact) mass is 285 g/mol. The van der Waals surface area contributed by atoms with Crippen LogP contribution in [0.15, 0.2) is 36.5 Å². The zero-order valence-electron chi connectivity index (χ0n) is 11.4. The Balaban J connectivity index is 1.75. The lowest BCUT2D eigenvalue weighted by Crippen LogP contribution is -2.19. The van der Waals surface area contributed by atoms with E-state index in [9.17, 15) is 4.79 Å². The van der Waals surface area contributed by atoms with Gasteiger partial charge in [0.2, 0.25) is 0 Å². The summed E-state index contributed by atoms with van der Waals surface area (Å²) in [6.07, 6.45) is 4.02. The van der Waals surface area contributed by atoms with Crippen molar-refractivity contribution in [3.05, 3.63) is 42.1 Å². The Hall–Kier alpha value is -2.63. The predicted molar refractivity (Wildman–Crippen MR) is 77.0 cm³/mol. The number of ether oxygens (including phenoxy) is 1. The van der Waals surface area contributed by atoms with Crippen molar-refractivity contribution < 1.29 is 14.6 Å². The summed E-state index contributed by atoms with van der Waals surface area (Å²) in [6.45, 7) is 2.01. The molecule has 0 aliphatic carbocycles. The molecule has 1 saturated heterocycles. The van der Waals surface area contributed by atoms with Gasteiger partial charge in [0.05, 0.1) is 5.56 Å². The number of anilines is 1. The molecular weight excluding hydrogens is 270 g/mol. The minimum Gasteiger partial charge on any atom is -0.478 e. The lowest BCUT2D eigenvalue weighted by molar-refractivity contribution is 0.0697. The SMILES string of the molecule is O=C(O)c1ccc(Oc2nccc(N3CCCC3)n2)cc1. The van der Waals surface area contributed by atoms with E-state index >= 15 is 0 Å². The van der Waals surface area contributed by atoms with Crippen LogP contribution >= 0.6 is 0 Å². The molecule has 2 aromatic rings. The maximum Gasteiger partial charge on any atom is 0.335 e. The van der Waals surface area contributed by atoms with E-state index < -0.39 is 5.97 Å². The van der Waals surface area contributed by atoms with Crippen LogP contribution in [-0.4, -0.2) is 34.1 Å². The van der Waals surface area contributed by atoms with E-state index in [-0.39, 0.29) is 11.6 Å². The fourth-order valence-electron chi connectivity index (χ4n) is 2.27. The third kappa shape index (κ3) is 3.10. The van der Waals surface area contributed by atoms with Crippen LogP contribution < -0.4 is 9.64 Å². The van der Waals surface area contributed by atoms with E-state index in [1.807, 2.05) is 6.07 Å². The van der Waals surface area contributed by atoms with Crippen molar-refractivity contribution in [3.63, 3.8) is 0 Å². The van der Waals surface area contributed by atoms with Crippen molar-refractivity contribution >= 4 is 11.8 Å². The fraction of sp³-hybridized carbons (Fsp3) is 0.267. The molecule has 1 fully saturated rings. The average Bonchev–Trinajstić information content (AvgIpc) is 3.02. The minimum absolute atomic E-state index is 0.217. The summed E-state index contributed by atoms with van der Waals surface area (Å²) < 4.78 is 5.57. The highest BCUT2D eigenvalue weighted by molar-refractivity contribution is 5.87. The zero-order valence-corrected chi connectivity index (χ0v) is 11.4. The van der Waals surface area contributed by atoms with Crippen LogP contribution in [0.2, 0.25) is 0 Å². The number of carbonyl (C=O) groups is 1. The second kappa shape index (κ2) is 5.78. The van der Waals surface area contributed by atoms with Crippen LogP contribution in [-0.2, 0) is 0 Å². The van der Waals surface area contributed by atoms with Gasteiger partial charge in [-0.3, -0.25) is 0 Å². The third-order valence-corrected chi connectivity index (χ3v) is 3.36. The lowest BCUT2D eigenvalue weighted by atomic mass is 10.2. The Morgan fingerprint density at radius 2 is 1.86 bits per heavy atom. The first-order valence-corrected chi connectivity index (χ1v) is 6.81. The molecule has 2 heterocycles. The largest absolute Gasteiger partial charge is 0.478 e. The molecule has 1 aliphatic rings. The zero-order chi connectivity index (χ0) is 14.7. The van der Waals surface area contributed by atoms with Crippen molar-refractivity contribution in [2.75, 3.05) is 18.0 Å². The maximum atomic E-state index is 10.8. The van der Waals surface area contributed by atoms with Gasteiger partial charge in [-0.25, -0.2) is 9.78 Å². The minimum atomic E-state index is -0.964. The third-order valence-electron chi connectivity index (χ3n) is 3.36. The van der Waals surface area contributed by atoms with Crippen molar-refractivity contribution in [1.82, 2.24) is 9.97 Å². The quantitative estimate of drug-likeness (QED) is 0.930. The Labute approximate surface area is 122 Å². The molecule has 0 saturated carbocycles. The van der Waals surface area contributed by atoms with Crippen LogP contribution in [0.4, 0.5) is 5.82 Å². The van der Waals surface area contributed by atoms with Gasteiger partial charge in [-0.2, -0.15) is 4.98 Å². The molecule has 0 unspecified atom stereocenters. The van der Waals surface area contributed by atoms with E-state index in [0.717, 1.165) is 18.9 Å². The van der Waals surface area contributed by atoms with Gasteiger partial charge in [-0.15, -0.1) is 0 Å². The van der Waals surface area contributed by atoms with Gasteiger partial charge in [0, 0.05) is 19.3 Å². The number of aromatic carboxylic acids is 1. The Morgan fingerprint density at radius 3 is 2.52 bits per heavy atom. The Kier molecular flexibility index (Phi) is 3.68. The average molecular weight is 285 g/mol. The highest BCUT2D eigenvalue weighted by Crippen LogP contribution is 2.22. The number of hydrogen-bond acceptors (Lipinski definition) is 5. The van der Waals surface area contributed by atoms with Gasteiger partial charge in [-0.1, -0.05) is 0 Å². The molecule has 0 bridgehead atoms. The second-order valence-electron chi connectivity index (χ2n) is 4.82. The highest BCUT2D eigenvalue weighted by atomic mass is 16.5. The summed E-state index contributed by atoms with van der Waals surface area (Å²) in [5, 5.41) is 8.85. The summed E-state index contributed by atoms with van der Waals surface area (Å²) in [5.41, 5.74) is 0.217. The molecule has 21 heavy (non-hydrogen) atoms. The van der Waals surface area contributed by atoms with Gasteiger partial charge in [0.1, 0.15) is 11.6 Å². The molecule has 1 aromatic heterocycles. The highest BCUT2D eigenvalue weighted by Gasteiger charge is 2.14. The number of nitrogens with zero attached hydrogens (tertiary/aromatic N) is 3. The van der Waals surface area contributed by atoms with E-state index in [1.165, 1.54) is 25.0 Å². The number of carboxylic acid groups (broad SMARTS) is 1. The summed E-state index contributed by atoms with van der Waals surface area (Å²) >= 11 is 0. The molecular formula is C15H15N3O3. The first-order valence-electron chi connectivity index (χ1n) is 6.81. The van der Waals surface area contributed by atoms with Gasteiger partial charge in [-0.05, 0) is 43.2 Å². The summed E-state index contributed by atoms with van der Waals surface area (Å²) in [5.74, 6) is 0.409. The van der Waals surface area contributed by atoms with Gasteiger partial charge in [0.15, 0.2) is 0 Å². The number of rotatable bonds is 4. The molecule has 0 amide bonds. The molecule has 1 aliphatic heterocycles. The van der Waals surface area contributed by atoms with Crippen LogP contribution in [0.25, 0.3) is 0 Å². The number of hydrogen-bond donors (Lipinski definition) is 1. The fourth-order valence-corrected chi connectivity index (χ4v) is 2.27. The molecule has 0 radical (unpaired) electrons. The molecule has 3 rings (SSSR count). The van der Waals surface area contributed by atoms with Gasteiger partial charge < -0.3 is 14.7 Å². The first kappa shape index (κ1) is 13.4. The standard InChI is InChI=1S/C15H15N3O3/c19-14(20)11-3-5-12(6-4-11)21-15-16-8-7-13(17-15)18-9-1-2-10-18/h3-8H,1-2,9-10H2,(H,19,20). The van der Waals surface area contributed by atoms with Gasteiger partial charge in [0.25, 0.3) is 0 Å². The van der Waals surface area contributed by atoms with Crippen LogP contribution in [0.1, 0.15) is 23.2 Å². The molecule has 0 spiro atoms. The lowest BCUT2D eigenvalue weighted by Gasteiger charge is -2.16. The normalized spacial score (nSPS) is 14.2. The van der Waals surface area contributed by atoms with Crippen LogP contribution in [0, 0.1) is 0 Å². The van der Waals surface area contributed by atoms with E-state index in [1.54, 1.807) is 18.3 Å². The molecule has 6 nitrogen and oxygen atoms in total. The predicted octanol–water partition coefficient (Wildman–Crippen LogP) is 2.57. The molecule has 108 valence electrons. The molecule has 6 heteroatoms. The first-order chi connectivity index (χ1) is 10.2. The Morgan fingerprint density at radius 1 is 1.14 bits per heavy atom. The molecule has 0 atom stereocenters. The van der Waals surface area contributed by atoms with E-state index in [0.29, 0.717) is 5.75 Å². The smallest absolute Gasteiger partial charge is 0.335 e. The van der Waals surface area contributed by atoms with Crippen molar-refractivity contribution in [2.45, 2.75) is 12.8 Å². The van der Waals surface area contributed by atoms with E-state index in [4.69, 9.17) is 9.84 Å². The van der Waals surface area contributed by atoms with Crippen molar-refractivity contribution in [1.29, 1.82) is 0 Å². The number of benzene rings is 1. The van der Waals surface area contributed by atoms with Gasteiger partial charge >= 0.3 is 12.0 Å². The second-order valence-corrected chi connectivity index (χ2v) is 4.82. The van der Waals surface area contributed by atoms with Crippen LogP contribution in [0.3, 0.4) is 0 Å². The van der Waals surface area contributed by atoms with E-state index in [2.05, 4.69) is 14.9 Å². The maximum absolute atomic E-state index is 10.8. The summed E-state index contributed by atoms with van der Waals surface area (Å²) in [7, 11) is 0. The molecule has 1 N–H and O–H groups in total. The molecule has 1 aromatic carbocycles. The summed E-state index contributed by atoms with van der Waals surface area (Å²) in [6, 6.07) is 8.29. The van der Waals surface area contributed by atoms with Crippen molar-refractivity contribution in [2.24, 2.45) is 0 Å². The van der Waals surface area contributed by atoms with Crippen LogP contribution in [0.5, 0.6) is 11.8 Å². The number of aromatic nitrogens is 2. The van der Waals surface area contributed by atoms with Crippen molar-refractivity contribution in [3.8, 4) is 11.8 Å². The topological polar surface area (TPSA) is 75.6 Å². The number of carboxylic acids is 1. The summed E-state index contributed by atoms with van der Waals surface area (Å²) in [4.78, 5) is 21.5.